The summed E-state index contributed by atoms with van der Waals surface area (Å²) in [6.07, 6.45) is 1.13. The maximum atomic E-state index is 10.7. The first-order valence-corrected chi connectivity index (χ1v) is 4.29. The largest absolute Gasteiger partial charge is 0.378 e. The number of rotatable bonds is 5. The molecule has 1 aromatic rings. The van der Waals surface area contributed by atoms with E-state index in [-0.39, 0.29) is 24.6 Å². The zero-order valence-corrected chi connectivity index (χ0v) is 8.21. The van der Waals surface area contributed by atoms with Gasteiger partial charge < -0.3 is 16.8 Å². The molecule has 0 aliphatic carbocycles. The maximum absolute atomic E-state index is 10.7. The van der Waals surface area contributed by atoms with Crippen molar-refractivity contribution >= 4 is 23.2 Å². The standard InChI is InChI=1S/C7H10N6O3/c8-4(14)1-2-10-7-5(13(15)16)6(9)11-3-12-7/h3H,1-2H2,(H2,8,14)(H3,9,10,11,12). The Kier molecular flexibility index (Phi) is 3.53. The highest BCUT2D eigenvalue weighted by Crippen LogP contribution is 2.25. The average Bonchev–Trinajstić information content (AvgIpc) is 2.16. The van der Waals surface area contributed by atoms with Gasteiger partial charge in [-0.1, -0.05) is 0 Å². The second-order valence-electron chi connectivity index (χ2n) is 2.86. The molecular weight excluding hydrogens is 216 g/mol. The lowest BCUT2D eigenvalue weighted by atomic mass is 10.4. The molecule has 1 amide bonds. The zero-order valence-electron chi connectivity index (χ0n) is 8.21. The molecule has 1 aromatic heterocycles. The average molecular weight is 226 g/mol. The van der Waals surface area contributed by atoms with Crippen LogP contribution in [0.4, 0.5) is 17.3 Å². The number of carbonyl (C=O) groups is 1. The normalized spacial score (nSPS) is 9.75. The number of nitrogens with one attached hydrogen (secondary N) is 1. The quantitative estimate of drug-likeness (QED) is 0.441. The van der Waals surface area contributed by atoms with E-state index in [0.717, 1.165) is 6.33 Å². The summed E-state index contributed by atoms with van der Waals surface area (Å²) in [4.78, 5) is 27.6. The van der Waals surface area contributed by atoms with Crippen LogP contribution in [0.5, 0.6) is 0 Å². The summed E-state index contributed by atoms with van der Waals surface area (Å²) in [6.45, 7) is 0.145. The van der Waals surface area contributed by atoms with Crippen LogP contribution < -0.4 is 16.8 Å². The fourth-order valence-electron chi connectivity index (χ4n) is 1.01. The lowest BCUT2D eigenvalue weighted by Gasteiger charge is -2.05. The molecule has 0 bridgehead atoms. The van der Waals surface area contributed by atoms with Crippen LogP contribution in [0.25, 0.3) is 0 Å². The van der Waals surface area contributed by atoms with Gasteiger partial charge >= 0.3 is 5.69 Å². The first-order valence-electron chi connectivity index (χ1n) is 4.29. The van der Waals surface area contributed by atoms with Crippen LogP contribution in [-0.4, -0.2) is 27.3 Å². The van der Waals surface area contributed by atoms with Crippen LogP contribution in [0.15, 0.2) is 6.33 Å². The topological polar surface area (TPSA) is 150 Å². The third-order valence-electron chi connectivity index (χ3n) is 1.70. The van der Waals surface area contributed by atoms with E-state index < -0.39 is 16.5 Å². The highest BCUT2D eigenvalue weighted by atomic mass is 16.6. The van der Waals surface area contributed by atoms with Crippen LogP contribution in [0.1, 0.15) is 6.42 Å². The highest BCUT2D eigenvalue weighted by Gasteiger charge is 2.20. The van der Waals surface area contributed by atoms with Gasteiger partial charge in [0.15, 0.2) is 0 Å². The number of nitrogen functional groups attached to an aromatic ring is 1. The van der Waals surface area contributed by atoms with Gasteiger partial charge in [-0.15, -0.1) is 0 Å². The van der Waals surface area contributed by atoms with E-state index in [9.17, 15) is 14.9 Å². The van der Waals surface area contributed by atoms with Gasteiger partial charge in [-0.3, -0.25) is 14.9 Å². The summed E-state index contributed by atoms with van der Waals surface area (Å²) in [6, 6.07) is 0. The third-order valence-corrected chi connectivity index (χ3v) is 1.70. The number of primary amides is 1. The number of nitrogens with zero attached hydrogens (tertiary/aromatic N) is 3. The number of nitro groups is 1. The molecule has 5 N–H and O–H groups in total. The third kappa shape index (κ3) is 2.77. The molecule has 0 aromatic carbocycles. The SMILES string of the molecule is NC(=O)CCNc1ncnc(N)c1[N+](=O)[O-]. The lowest BCUT2D eigenvalue weighted by molar-refractivity contribution is -0.383. The molecule has 0 radical (unpaired) electrons. The van der Waals surface area contributed by atoms with Gasteiger partial charge in [0.05, 0.1) is 4.92 Å². The minimum atomic E-state index is -0.693. The van der Waals surface area contributed by atoms with Gasteiger partial charge in [-0.25, -0.2) is 9.97 Å². The van der Waals surface area contributed by atoms with Gasteiger partial charge in [-0.05, 0) is 0 Å². The number of nitrogens with two attached hydrogens (primary N) is 2. The Morgan fingerprint density at radius 1 is 1.56 bits per heavy atom. The van der Waals surface area contributed by atoms with Gasteiger partial charge in [-0.2, -0.15) is 0 Å². The molecule has 0 saturated heterocycles. The Hall–Kier alpha value is -2.45. The van der Waals surface area contributed by atoms with Crippen molar-refractivity contribution in [3.05, 3.63) is 16.4 Å². The van der Waals surface area contributed by atoms with E-state index >= 15 is 0 Å². The van der Waals surface area contributed by atoms with Crippen molar-refractivity contribution in [1.29, 1.82) is 0 Å². The van der Waals surface area contributed by atoms with Crippen molar-refractivity contribution in [2.24, 2.45) is 5.73 Å². The van der Waals surface area contributed by atoms with Gasteiger partial charge in [0.2, 0.25) is 17.5 Å². The fourth-order valence-corrected chi connectivity index (χ4v) is 1.01. The summed E-state index contributed by atoms with van der Waals surface area (Å²) < 4.78 is 0. The van der Waals surface area contributed by atoms with Crippen molar-refractivity contribution in [3.63, 3.8) is 0 Å². The molecule has 0 spiro atoms. The van der Waals surface area contributed by atoms with E-state index in [4.69, 9.17) is 11.5 Å². The molecule has 0 aliphatic rings. The molecule has 9 nitrogen and oxygen atoms in total. The fraction of sp³-hybridized carbons (Fsp3) is 0.286. The summed E-state index contributed by atoms with van der Waals surface area (Å²) in [7, 11) is 0. The summed E-state index contributed by atoms with van der Waals surface area (Å²) >= 11 is 0. The summed E-state index contributed by atoms with van der Waals surface area (Å²) in [5, 5.41) is 13.2. The van der Waals surface area contributed by atoms with Crippen molar-refractivity contribution in [2.75, 3.05) is 17.6 Å². The first-order chi connectivity index (χ1) is 7.52. The number of carbonyl (C=O) groups excluding carboxylic acids is 1. The molecule has 86 valence electrons. The van der Waals surface area contributed by atoms with E-state index in [1.54, 1.807) is 0 Å². The molecule has 0 atom stereocenters. The molecule has 0 fully saturated rings. The van der Waals surface area contributed by atoms with Crippen LogP contribution in [0.2, 0.25) is 0 Å². The van der Waals surface area contributed by atoms with Crippen molar-refractivity contribution in [2.45, 2.75) is 6.42 Å². The molecule has 9 heteroatoms. The predicted molar refractivity (Wildman–Crippen MR) is 55.4 cm³/mol. The van der Waals surface area contributed by atoms with E-state index in [2.05, 4.69) is 15.3 Å². The number of aromatic nitrogens is 2. The Morgan fingerprint density at radius 2 is 2.25 bits per heavy atom. The Bertz CT molecular complexity index is 421. The molecule has 0 aliphatic heterocycles. The van der Waals surface area contributed by atoms with Gasteiger partial charge in [0, 0.05) is 13.0 Å². The van der Waals surface area contributed by atoms with Crippen LogP contribution in [0.3, 0.4) is 0 Å². The Labute approximate surface area is 90.0 Å². The molecule has 1 rings (SSSR count). The van der Waals surface area contributed by atoms with E-state index in [0.29, 0.717) is 0 Å². The minimum Gasteiger partial charge on any atom is -0.378 e. The molecule has 0 saturated carbocycles. The smallest absolute Gasteiger partial charge is 0.352 e. The monoisotopic (exact) mass is 226 g/mol. The van der Waals surface area contributed by atoms with Gasteiger partial charge in [0.1, 0.15) is 6.33 Å². The van der Waals surface area contributed by atoms with Crippen molar-refractivity contribution in [3.8, 4) is 0 Å². The second kappa shape index (κ2) is 4.87. The van der Waals surface area contributed by atoms with Crippen LogP contribution in [0, 0.1) is 10.1 Å². The van der Waals surface area contributed by atoms with Crippen molar-refractivity contribution in [1.82, 2.24) is 9.97 Å². The first kappa shape index (κ1) is 11.6. The summed E-state index contributed by atoms with van der Waals surface area (Å²) in [5.41, 5.74) is 9.83. The molecular formula is C7H10N6O3. The Balaban J connectivity index is 2.83. The van der Waals surface area contributed by atoms with Crippen LogP contribution in [-0.2, 0) is 4.79 Å². The second-order valence-corrected chi connectivity index (χ2v) is 2.86. The van der Waals surface area contributed by atoms with Crippen molar-refractivity contribution < 1.29 is 9.72 Å². The van der Waals surface area contributed by atoms with Gasteiger partial charge in [0.25, 0.3) is 0 Å². The summed E-state index contributed by atoms with van der Waals surface area (Å²) in [5.74, 6) is -0.780. The lowest BCUT2D eigenvalue weighted by Crippen LogP contribution is -2.17. The van der Waals surface area contributed by atoms with E-state index in [1.807, 2.05) is 0 Å². The van der Waals surface area contributed by atoms with E-state index in [1.165, 1.54) is 0 Å². The minimum absolute atomic E-state index is 0.0289. The number of anilines is 2. The zero-order chi connectivity index (χ0) is 12.1. The molecule has 16 heavy (non-hydrogen) atoms. The predicted octanol–water partition coefficient (Wildman–Crippen LogP) is -0.746. The maximum Gasteiger partial charge on any atom is 0.352 e. The highest BCUT2D eigenvalue weighted by molar-refractivity contribution is 5.74. The number of amides is 1. The molecule has 0 unspecified atom stereocenters. The number of hydrogen-bond acceptors (Lipinski definition) is 7. The number of hydrogen-bond donors (Lipinski definition) is 3. The Morgan fingerprint density at radius 3 is 2.81 bits per heavy atom. The van der Waals surface area contributed by atoms with Crippen LogP contribution >= 0.6 is 0 Å². The molecule has 1 heterocycles.